The van der Waals surface area contributed by atoms with Crippen LogP contribution in [0.15, 0.2) is 48.8 Å². The van der Waals surface area contributed by atoms with E-state index < -0.39 is 6.10 Å². The molecule has 2 fully saturated rings. The van der Waals surface area contributed by atoms with E-state index in [0.717, 1.165) is 61.5 Å². The molecule has 0 radical (unpaired) electrons. The minimum absolute atomic E-state index is 0.0317. The van der Waals surface area contributed by atoms with E-state index >= 15 is 0 Å². The van der Waals surface area contributed by atoms with Crippen molar-refractivity contribution in [3.05, 3.63) is 54.4 Å². The molecule has 9 heteroatoms. The number of nitrogens with one attached hydrogen (secondary N) is 1. The Kier molecular flexibility index (Phi) is 5.87. The topological polar surface area (TPSA) is 104 Å². The van der Waals surface area contributed by atoms with Gasteiger partial charge in [0, 0.05) is 69.1 Å². The third-order valence-corrected chi connectivity index (χ3v) is 7.15. The first-order valence-corrected chi connectivity index (χ1v) is 12.3. The van der Waals surface area contributed by atoms with Crippen LogP contribution in [0.1, 0.15) is 24.8 Å². The molecule has 0 spiro atoms. The molecule has 1 unspecified atom stereocenters. The lowest BCUT2D eigenvalue weighted by Gasteiger charge is -2.40. The van der Waals surface area contributed by atoms with Crippen LogP contribution in [0.25, 0.3) is 11.3 Å². The molecule has 3 aliphatic heterocycles. The number of hydrogen-bond donors (Lipinski definition) is 2. The Bertz CT molecular complexity index is 1180. The number of benzene rings is 1. The van der Waals surface area contributed by atoms with Gasteiger partial charge in [-0.2, -0.15) is 5.10 Å². The summed E-state index contributed by atoms with van der Waals surface area (Å²) < 4.78 is 12.2. The molecule has 3 aromatic rings. The molecular formula is C26H29N5O4. The number of likely N-dealkylation sites (tertiary alicyclic amines) is 2. The minimum Gasteiger partial charge on any atom is -0.488 e. The summed E-state index contributed by atoms with van der Waals surface area (Å²) in [5.74, 6) is 2.20. The third-order valence-electron chi connectivity index (χ3n) is 7.15. The van der Waals surface area contributed by atoms with Crippen LogP contribution in [0, 0.1) is 0 Å². The molecule has 0 aliphatic carbocycles. The second-order valence-corrected chi connectivity index (χ2v) is 9.54. The number of β-amino-alcohol motifs (C(OH)–C–C–N with tert-alkyl or cyclic N) is 1. The van der Waals surface area contributed by atoms with Crippen molar-refractivity contribution in [2.45, 2.75) is 43.9 Å². The Morgan fingerprint density at radius 2 is 2.14 bits per heavy atom. The van der Waals surface area contributed by atoms with E-state index in [9.17, 15) is 9.90 Å². The zero-order valence-corrected chi connectivity index (χ0v) is 19.5. The summed E-state index contributed by atoms with van der Waals surface area (Å²) in [6.07, 6.45) is 6.12. The fourth-order valence-corrected chi connectivity index (χ4v) is 5.40. The number of hydrogen-bond acceptors (Lipinski definition) is 7. The molecule has 2 N–H and O–H groups in total. The molecule has 35 heavy (non-hydrogen) atoms. The molecule has 9 nitrogen and oxygen atoms in total. The SMILES string of the molecule is O=C1CCCN1C1CCN(C[C@@H]2Cc3ccc(Oc4ccc(-c5ccn[nH]5)cn4)cc3O2)C[C@H]1O. The highest BCUT2D eigenvalue weighted by atomic mass is 16.5. The number of piperidine rings is 1. The number of H-pyrrole nitrogens is 1. The van der Waals surface area contributed by atoms with Crippen LogP contribution >= 0.6 is 0 Å². The number of aliphatic hydroxyl groups is 1. The molecule has 1 aromatic carbocycles. The number of ether oxygens (including phenoxy) is 2. The minimum atomic E-state index is -0.512. The number of carbonyl (C=O) groups is 1. The van der Waals surface area contributed by atoms with Gasteiger partial charge in [0.1, 0.15) is 17.6 Å². The molecular weight excluding hydrogens is 446 g/mol. The largest absolute Gasteiger partial charge is 0.488 e. The lowest BCUT2D eigenvalue weighted by molar-refractivity contribution is -0.134. The van der Waals surface area contributed by atoms with Gasteiger partial charge in [-0.25, -0.2) is 4.98 Å². The van der Waals surface area contributed by atoms with Crippen molar-refractivity contribution in [1.82, 2.24) is 25.0 Å². The zero-order chi connectivity index (χ0) is 23.8. The van der Waals surface area contributed by atoms with Crippen molar-refractivity contribution in [3.63, 3.8) is 0 Å². The molecule has 2 aromatic heterocycles. The molecule has 5 heterocycles. The first kappa shape index (κ1) is 22.1. The molecule has 0 saturated carbocycles. The normalized spacial score (nSPS) is 24.4. The molecule has 182 valence electrons. The van der Waals surface area contributed by atoms with E-state index in [1.165, 1.54) is 0 Å². The Balaban J connectivity index is 1.04. The first-order valence-electron chi connectivity index (χ1n) is 12.3. The number of aromatic nitrogens is 3. The van der Waals surface area contributed by atoms with Gasteiger partial charge in [0.25, 0.3) is 0 Å². The van der Waals surface area contributed by atoms with Crippen molar-refractivity contribution in [3.8, 4) is 28.6 Å². The lowest BCUT2D eigenvalue weighted by atomic mass is 9.99. The van der Waals surface area contributed by atoms with Crippen molar-refractivity contribution in [1.29, 1.82) is 0 Å². The first-order chi connectivity index (χ1) is 17.1. The molecule has 2 saturated heterocycles. The average Bonchev–Trinajstić information content (AvgIpc) is 3.61. The van der Waals surface area contributed by atoms with Gasteiger partial charge in [0.15, 0.2) is 0 Å². The van der Waals surface area contributed by atoms with Gasteiger partial charge in [-0.3, -0.25) is 14.8 Å². The van der Waals surface area contributed by atoms with Gasteiger partial charge in [-0.15, -0.1) is 0 Å². The van der Waals surface area contributed by atoms with E-state index in [1.807, 2.05) is 41.3 Å². The Morgan fingerprint density at radius 1 is 1.20 bits per heavy atom. The van der Waals surface area contributed by atoms with Crippen LogP contribution in [-0.2, 0) is 11.2 Å². The number of pyridine rings is 1. The van der Waals surface area contributed by atoms with Crippen LogP contribution in [0.5, 0.6) is 17.4 Å². The summed E-state index contributed by atoms with van der Waals surface area (Å²) in [6, 6.07) is 11.5. The van der Waals surface area contributed by atoms with Crippen molar-refractivity contribution < 1.29 is 19.4 Å². The van der Waals surface area contributed by atoms with Crippen LogP contribution < -0.4 is 9.47 Å². The monoisotopic (exact) mass is 475 g/mol. The highest BCUT2D eigenvalue weighted by Gasteiger charge is 2.37. The Labute approximate surface area is 203 Å². The highest BCUT2D eigenvalue weighted by molar-refractivity contribution is 5.78. The van der Waals surface area contributed by atoms with E-state index in [1.54, 1.807) is 12.4 Å². The van der Waals surface area contributed by atoms with Gasteiger partial charge >= 0.3 is 0 Å². The number of aromatic amines is 1. The van der Waals surface area contributed by atoms with Crippen LogP contribution in [0.4, 0.5) is 0 Å². The fourth-order valence-electron chi connectivity index (χ4n) is 5.40. The molecule has 0 bridgehead atoms. The number of fused-ring (bicyclic) bond motifs is 1. The summed E-state index contributed by atoms with van der Waals surface area (Å²) in [7, 11) is 0. The summed E-state index contributed by atoms with van der Waals surface area (Å²) in [5, 5.41) is 17.6. The predicted octanol–water partition coefficient (Wildman–Crippen LogP) is 2.63. The molecule has 1 amide bonds. The predicted molar refractivity (Wildman–Crippen MR) is 128 cm³/mol. The van der Waals surface area contributed by atoms with E-state index in [-0.39, 0.29) is 18.1 Å². The Hall–Kier alpha value is -3.43. The van der Waals surface area contributed by atoms with Crippen LogP contribution in [0.2, 0.25) is 0 Å². The number of aliphatic hydroxyl groups excluding tert-OH is 1. The van der Waals surface area contributed by atoms with Gasteiger partial charge in [-0.05, 0) is 36.6 Å². The lowest BCUT2D eigenvalue weighted by Crippen LogP contribution is -2.55. The Morgan fingerprint density at radius 3 is 2.89 bits per heavy atom. The van der Waals surface area contributed by atoms with E-state index in [0.29, 0.717) is 24.6 Å². The summed E-state index contributed by atoms with van der Waals surface area (Å²) in [4.78, 5) is 20.6. The van der Waals surface area contributed by atoms with Gasteiger partial charge < -0.3 is 19.5 Å². The quantitative estimate of drug-likeness (QED) is 0.565. The summed E-state index contributed by atoms with van der Waals surface area (Å²) in [6.45, 7) is 2.95. The van der Waals surface area contributed by atoms with Crippen molar-refractivity contribution in [2.24, 2.45) is 0 Å². The maximum absolute atomic E-state index is 12.1. The number of carbonyl (C=O) groups excluding carboxylic acids is 1. The standard InChI is InChI=1S/C26H29N5O4/c32-23-16-30(11-8-22(23)31-10-1-2-26(31)33)15-20-12-17-3-5-19(13-24(17)34-20)35-25-6-4-18(14-27-25)21-7-9-28-29-21/h3-7,9,13-14,20,22-23,32H,1-2,8,10-12,15-16H2,(H,28,29)/t20-,22?,23+/m0/s1. The smallest absolute Gasteiger partial charge is 0.222 e. The number of amides is 1. The van der Waals surface area contributed by atoms with Gasteiger partial charge in [-0.1, -0.05) is 6.07 Å². The van der Waals surface area contributed by atoms with Crippen LogP contribution in [-0.4, -0.2) is 80.4 Å². The van der Waals surface area contributed by atoms with Gasteiger partial charge in [0.05, 0.1) is 17.8 Å². The average molecular weight is 476 g/mol. The molecule has 3 aliphatic rings. The second-order valence-electron chi connectivity index (χ2n) is 9.54. The zero-order valence-electron chi connectivity index (χ0n) is 19.5. The third kappa shape index (κ3) is 4.61. The second kappa shape index (κ2) is 9.31. The maximum atomic E-state index is 12.1. The maximum Gasteiger partial charge on any atom is 0.222 e. The molecule has 6 rings (SSSR count). The summed E-state index contributed by atoms with van der Waals surface area (Å²) in [5.41, 5.74) is 3.00. The number of nitrogens with zero attached hydrogens (tertiary/aromatic N) is 4. The number of rotatable bonds is 6. The van der Waals surface area contributed by atoms with Crippen molar-refractivity contribution in [2.75, 3.05) is 26.2 Å². The fraction of sp³-hybridized carbons (Fsp3) is 0.423. The van der Waals surface area contributed by atoms with E-state index in [2.05, 4.69) is 20.1 Å². The van der Waals surface area contributed by atoms with Crippen LogP contribution in [0.3, 0.4) is 0 Å². The molecule has 3 atom stereocenters. The summed E-state index contributed by atoms with van der Waals surface area (Å²) >= 11 is 0. The highest BCUT2D eigenvalue weighted by Crippen LogP contribution is 2.35. The van der Waals surface area contributed by atoms with E-state index in [4.69, 9.17) is 9.47 Å². The van der Waals surface area contributed by atoms with Crippen molar-refractivity contribution >= 4 is 5.91 Å². The van der Waals surface area contributed by atoms with Gasteiger partial charge in [0.2, 0.25) is 11.8 Å².